The number of ether oxygens (including phenoxy) is 1. The highest BCUT2D eigenvalue weighted by Gasteiger charge is 2.16. The van der Waals surface area contributed by atoms with E-state index in [9.17, 15) is 4.79 Å². The Morgan fingerprint density at radius 1 is 1.12 bits per heavy atom. The van der Waals surface area contributed by atoms with Crippen LogP contribution in [0.3, 0.4) is 0 Å². The molecule has 2 aromatic heterocycles. The number of para-hydroxylation sites is 3. The average molecular weight is 323 g/mol. The van der Waals surface area contributed by atoms with E-state index in [0.717, 1.165) is 0 Å². The Hall–Kier alpha value is -3.35. The molecule has 4 rings (SSSR count). The summed E-state index contributed by atoms with van der Waals surface area (Å²) in [5, 5.41) is 3.95. The number of hydrogen-bond acceptors (Lipinski definition) is 6. The quantitative estimate of drug-likeness (QED) is 0.574. The van der Waals surface area contributed by atoms with E-state index < -0.39 is 5.76 Å². The lowest BCUT2D eigenvalue weighted by Crippen LogP contribution is -2.15. The molecule has 0 aliphatic heterocycles. The fourth-order valence-electron chi connectivity index (χ4n) is 2.55. The topological polar surface area (TPSA) is 83.3 Å². The van der Waals surface area contributed by atoms with Gasteiger partial charge in [0, 0.05) is 0 Å². The van der Waals surface area contributed by atoms with Crippen molar-refractivity contribution in [2.24, 2.45) is 0 Å². The summed E-state index contributed by atoms with van der Waals surface area (Å²) >= 11 is 0. The highest BCUT2D eigenvalue weighted by Crippen LogP contribution is 2.28. The monoisotopic (exact) mass is 323 g/mol. The number of oxazole rings is 1. The molecule has 0 unspecified atom stereocenters. The Bertz CT molecular complexity index is 1060. The summed E-state index contributed by atoms with van der Waals surface area (Å²) < 4.78 is 17.3. The van der Waals surface area contributed by atoms with E-state index in [-0.39, 0.29) is 6.54 Å². The Morgan fingerprint density at radius 3 is 2.79 bits per heavy atom. The second kappa shape index (κ2) is 5.69. The van der Waals surface area contributed by atoms with Crippen LogP contribution in [-0.2, 0) is 6.54 Å². The first-order valence-electron chi connectivity index (χ1n) is 7.30. The van der Waals surface area contributed by atoms with Gasteiger partial charge in [-0.15, -0.1) is 0 Å². The van der Waals surface area contributed by atoms with Crippen molar-refractivity contribution in [1.29, 1.82) is 0 Å². The van der Waals surface area contributed by atoms with Crippen molar-refractivity contribution < 1.29 is 13.7 Å². The highest BCUT2D eigenvalue weighted by atomic mass is 16.5. The normalized spacial score (nSPS) is 11.0. The number of rotatable bonds is 4. The van der Waals surface area contributed by atoms with Gasteiger partial charge in [-0.1, -0.05) is 29.4 Å². The van der Waals surface area contributed by atoms with E-state index >= 15 is 0 Å². The highest BCUT2D eigenvalue weighted by molar-refractivity contribution is 5.72. The molecule has 2 heterocycles. The van der Waals surface area contributed by atoms with Crippen LogP contribution in [-0.4, -0.2) is 21.8 Å². The average Bonchev–Trinajstić information content (AvgIpc) is 3.20. The van der Waals surface area contributed by atoms with Gasteiger partial charge in [0.25, 0.3) is 5.89 Å². The predicted octanol–water partition coefficient (Wildman–Crippen LogP) is 2.70. The third kappa shape index (κ3) is 2.36. The summed E-state index contributed by atoms with van der Waals surface area (Å²) in [7, 11) is 1.58. The lowest BCUT2D eigenvalue weighted by molar-refractivity contribution is 0.401. The fraction of sp³-hybridized carbons (Fsp3) is 0.118. The molecule has 0 aliphatic rings. The molecule has 2 aromatic carbocycles. The minimum Gasteiger partial charge on any atom is -0.496 e. The summed E-state index contributed by atoms with van der Waals surface area (Å²) in [6.45, 7) is 0.161. The molecule has 0 spiro atoms. The van der Waals surface area contributed by atoms with Crippen molar-refractivity contribution in [1.82, 2.24) is 14.7 Å². The molecule has 0 saturated heterocycles. The number of benzene rings is 2. The second-order valence-electron chi connectivity index (χ2n) is 5.14. The van der Waals surface area contributed by atoms with Gasteiger partial charge in [0.1, 0.15) is 5.75 Å². The molecule has 0 amide bonds. The molecule has 0 radical (unpaired) electrons. The molecule has 0 fully saturated rings. The second-order valence-corrected chi connectivity index (χ2v) is 5.14. The molecular formula is C17H13N3O4. The molecule has 0 saturated carbocycles. The summed E-state index contributed by atoms with van der Waals surface area (Å²) in [5.41, 5.74) is 1.91. The van der Waals surface area contributed by atoms with Crippen molar-refractivity contribution in [3.63, 3.8) is 0 Å². The van der Waals surface area contributed by atoms with Crippen molar-refractivity contribution >= 4 is 11.1 Å². The van der Waals surface area contributed by atoms with Gasteiger partial charge < -0.3 is 13.7 Å². The maximum absolute atomic E-state index is 12.0. The molecule has 0 aliphatic carbocycles. The Balaban J connectivity index is 1.71. The molecule has 0 atom stereocenters. The van der Waals surface area contributed by atoms with Crippen LogP contribution in [0.1, 0.15) is 5.82 Å². The third-order valence-electron chi connectivity index (χ3n) is 3.68. The van der Waals surface area contributed by atoms with Crippen LogP contribution >= 0.6 is 0 Å². The van der Waals surface area contributed by atoms with Crippen LogP contribution in [0.15, 0.2) is 62.3 Å². The SMILES string of the molecule is COc1ccccc1-c1nc(Cn2c(=O)oc3ccccc32)no1. The number of methoxy groups -OCH3 is 1. The summed E-state index contributed by atoms with van der Waals surface area (Å²) in [4.78, 5) is 16.4. The van der Waals surface area contributed by atoms with Crippen LogP contribution in [0, 0.1) is 0 Å². The maximum atomic E-state index is 12.0. The Kier molecular flexibility index (Phi) is 3.38. The van der Waals surface area contributed by atoms with E-state index in [0.29, 0.717) is 34.1 Å². The number of aromatic nitrogens is 3. The molecule has 120 valence electrons. The van der Waals surface area contributed by atoms with Crippen LogP contribution in [0.5, 0.6) is 5.75 Å². The van der Waals surface area contributed by atoms with Gasteiger partial charge in [0.2, 0.25) is 0 Å². The smallest absolute Gasteiger partial charge is 0.420 e. The van der Waals surface area contributed by atoms with Crippen molar-refractivity contribution in [3.05, 3.63) is 64.9 Å². The number of fused-ring (bicyclic) bond motifs is 1. The Labute approximate surface area is 136 Å². The summed E-state index contributed by atoms with van der Waals surface area (Å²) in [6, 6.07) is 14.6. The van der Waals surface area contributed by atoms with Crippen LogP contribution in [0.4, 0.5) is 0 Å². The van der Waals surface area contributed by atoms with Crippen molar-refractivity contribution in [2.45, 2.75) is 6.54 Å². The fourth-order valence-corrected chi connectivity index (χ4v) is 2.55. The van der Waals surface area contributed by atoms with Gasteiger partial charge in [0.05, 0.1) is 24.7 Å². The molecule has 0 bridgehead atoms. The van der Waals surface area contributed by atoms with Crippen molar-refractivity contribution in [2.75, 3.05) is 7.11 Å². The first-order chi connectivity index (χ1) is 11.8. The van der Waals surface area contributed by atoms with E-state index in [1.807, 2.05) is 36.4 Å². The lowest BCUT2D eigenvalue weighted by Gasteiger charge is -2.02. The first kappa shape index (κ1) is 14.3. The molecule has 7 heteroatoms. The van der Waals surface area contributed by atoms with E-state index in [2.05, 4.69) is 10.1 Å². The minimum atomic E-state index is -0.458. The van der Waals surface area contributed by atoms with Crippen molar-refractivity contribution in [3.8, 4) is 17.2 Å². The summed E-state index contributed by atoms with van der Waals surface area (Å²) in [5.74, 6) is 0.895. The Morgan fingerprint density at radius 2 is 1.92 bits per heavy atom. The van der Waals surface area contributed by atoms with Gasteiger partial charge in [0.15, 0.2) is 11.4 Å². The van der Waals surface area contributed by atoms with Gasteiger partial charge in [-0.05, 0) is 24.3 Å². The van der Waals surface area contributed by atoms with E-state index in [4.69, 9.17) is 13.7 Å². The zero-order valence-electron chi connectivity index (χ0n) is 12.8. The van der Waals surface area contributed by atoms with Crippen LogP contribution in [0.25, 0.3) is 22.6 Å². The van der Waals surface area contributed by atoms with Gasteiger partial charge in [-0.2, -0.15) is 4.98 Å². The lowest BCUT2D eigenvalue weighted by atomic mass is 10.2. The van der Waals surface area contributed by atoms with Gasteiger partial charge in [-0.25, -0.2) is 4.79 Å². The standard InChI is InChI=1S/C17H13N3O4/c1-22-13-8-4-2-6-11(13)16-18-15(19-24-16)10-20-12-7-3-5-9-14(12)23-17(20)21/h2-9H,10H2,1H3. The predicted molar refractivity (Wildman–Crippen MR) is 85.9 cm³/mol. The van der Waals surface area contributed by atoms with E-state index in [1.54, 1.807) is 19.2 Å². The molecule has 0 N–H and O–H groups in total. The molecular weight excluding hydrogens is 310 g/mol. The molecule has 24 heavy (non-hydrogen) atoms. The first-order valence-corrected chi connectivity index (χ1v) is 7.30. The number of hydrogen-bond donors (Lipinski definition) is 0. The zero-order chi connectivity index (χ0) is 16.5. The third-order valence-corrected chi connectivity index (χ3v) is 3.68. The molecule has 4 aromatic rings. The maximum Gasteiger partial charge on any atom is 0.420 e. The largest absolute Gasteiger partial charge is 0.496 e. The number of nitrogens with zero attached hydrogens (tertiary/aromatic N) is 3. The van der Waals surface area contributed by atoms with Crippen LogP contribution in [0.2, 0.25) is 0 Å². The summed E-state index contributed by atoms with van der Waals surface area (Å²) in [6.07, 6.45) is 0. The zero-order valence-corrected chi connectivity index (χ0v) is 12.8. The van der Waals surface area contributed by atoms with E-state index in [1.165, 1.54) is 4.57 Å². The molecule has 7 nitrogen and oxygen atoms in total. The van der Waals surface area contributed by atoms with Gasteiger partial charge >= 0.3 is 5.76 Å². The van der Waals surface area contributed by atoms with Crippen LogP contribution < -0.4 is 10.5 Å². The minimum absolute atomic E-state index is 0.161. The van der Waals surface area contributed by atoms with Gasteiger partial charge in [-0.3, -0.25) is 4.57 Å².